The van der Waals surface area contributed by atoms with Crippen molar-refractivity contribution in [3.05, 3.63) is 65.1 Å². The predicted molar refractivity (Wildman–Crippen MR) is 93.6 cm³/mol. The number of Topliss-reactive ketones (excluding diaryl/α,β-unsaturated/α-hetero) is 1. The minimum absolute atomic E-state index is 0.0214. The van der Waals surface area contributed by atoms with Gasteiger partial charge in [0, 0.05) is 22.7 Å². The van der Waals surface area contributed by atoms with Crippen LogP contribution in [-0.4, -0.2) is 24.0 Å². The molecule has 26 heavy (non-hydrogen) atoms. The Bertz CT molecular complexity index is 1090. The largest absolute Gasteiger partial charge is 0.486 e. The molecule has 2 heterocycles. The van der Waals surface area contributed by atoms with E-state index in [1.165, 1.54) is 30.5 Å². The minimum Gasteiger partial charge on any atom is -0.486 e. The van der Waals surface area contributed by atoms with E-state index in [9.17, 15) is 14.4 Å². The lowest BCUT2D eigenvalue weighted by Gasteiger charge is -2.18. The number of benzene rings is 2. The number of carbonyl (C=O) groups excluding carboxylic acids is 1. The number of allylic oxidation sites excluding steroid dienone is 1. The number of hydrogen-bond acceptors (Lipinski definition) is 4. The van der Waals surface area contributed by atoms with E-state index in [1.54, 1.807) is 18.2 Å². The number of aromatic amines is 1. The standard InChI is InChI=1S/C20H13FN2O3/c21-14-2-3-15-16(11-23-17(15)9-14)20(24)13(10-22)7-12-1-4-18-19(8-12)26-6-5-25-18/h1-4,7-9,11,23H,5-6H2. The monoisotopic (exact) mass is 348 g/mol. The van der Waals surface area contributed by atoms with E-state index in [1.807, 2.05) is 6.07 Å². The number of halogens is 1. The van der Waals surface area contributed by atoms with Gasteiger partial charge >= 0.3 is 0 Å². The number of nitrogens with one attached hydrogen (secondary N) is 1. The number of ketones is 1. The summed E-state index contributed by atoms with van der Waals surface area (Å²) in [5.41, 5.74) is 1.47. The Kier molecular flexibility index (Phi) is 3.90. The molecule has 0 saturated heterocycles. The van der Waals surface area contributed by atoms with Crippen LogP contribution in [0.15, 0.2) is 48.2 Å². The van der Waals surface area contributed by atoms with Crippen LogP contribution < -0.4 is 9.47 Å². The maximum absolute atomic E-state index is 13.3. The summed E-state index contributed by atoms with van der Waals surface area (Å²) in [5, 5.41) is 10.0. The molecule has 1 aromatic heterocycles. The van der Waals surface area contributed by atoms with Crippen LogP contribution in [-0.2, 0) is 0 Å². The zero-order chi connectivity index (χ0) is 18.1. The van der Waals surface area contributed by atoms with E-state index in [0.29, 0.717) is 46.7 Å². The van der Waals surface area contributed by atoms with Gasteiger partial charge in [0.1, 0.15) is 30.7 Å². The van der Waals surface area contributed by atoms with Crippen LogP contribution in [0.25, 0.3) is 17.0 Å². The van der Waals surface area contributed by atoms with Crippen LogP contribution in [0.5, 0.6) is 11.5 Å². The van der Waals surface area contributed by atoms with Crippen molar-refractivity contribution in [3.8, 4) is 17.6 Å². The first kappa shape index (κ1) is 15.9. The van der Waals surface area contributed by atoms with E-state index in [0.717, 1.165) is 0 Å². The highest BCUT2D eigenvalue weighted by atomic mass is 19.1. The van der Waals surface area contributed by atoms with Gasteiger partial charge in [0.25, 0.3) is 0 Å². The normalized spacial score (nSPS) is 13.5. The van der Waals surface area contributed by atoms with Crippen molar-refractivity contribution in [2.24, 2.45) is 0 Å². The fraction of sp³-hybridized carbons (Fsp3) is 0.100. The second-order valence-electron chi connectivity index (χ2n) is 5.79. The summed E-state index contributed by atoms with van der Waals surface area (Å²) in [7, 11) is 0. The van der Waals surface area contributed by atoms with Crippen LogP contribution in [0.2, 0.25) is 0 Å². The number of nitrogens with zero attached hydrogens (tertiary/aromatic N) is 1. The molecule has 2 aromatic carbocycles. The first-order valence-electron chi connectivity index (χ1n) is 7.98. The maximum Gasteiger partial charge on any atom is 0.205 e. The minimum atomic E-state index is -0.430. The molecule has 0 fully saturated rings. The molecule has 0 saturated carbocycles. The van der Waals surface area contributed by atoms with E-state index in [4.69, 9.17) is 9.47 Å². The van der Waals surface area contributed by atoms with E-state index < -0.39 is 11.6 Å². The molecule has 6 heteroatoms. The van der Waals surface area contributed by atoms with Crippen LogP contribution in [0.3, 0.4) is 0 Å². The van der Waals surface area contributed by atoms with Gasteiger partial charge in [0.05, 0.1) is 0 Å². The quantitative estimate of drug-likeness (QED) is 0.443. The van der Waals surface area contributed by atoms with Gasteiger partial charge in [-0.15, -0.1) is 0 Å². The van der Waals surface area contributed by atoms with Gasteiger partial charge in [-0.25, -0.2) is 4.39 Å². The van der Waals surface area contributed by atoms with Crippen LogP contribution >= 0.6 is 0 Å². The maximum atomic E-state index is 13.3. The van der Waals surface area contributed by atoms with E-state index >= 15 is 0 Å². The van der Waals surface area contributed by atoms with E-state index in [2.05, 4.69) is 4.98 Å². The molecule has 4 rings (SSSR count). The molecule has 5 nitrogen and oxygen atoms in total. The Hall–Kier alpha value is -3.59. The van der Waals surface area contributed by atoms with Gasteiger partial charge in [-0.3, -0.25) is 4.79 Å². The van der Waals surface area contributed by atoms with E-state index in [-0.39, 0.29) is 5.57 Å². The average Bonchev–Trinajstić information content (AvgIpc) is 3.08. The molecule has 3 aromatic rings. The number of rotatable bonds is 3. The molecule has 0 atom stereocenters. The molecule has 0 unspecified atom stereocenters. The Balaban J connectivity index is 1.71. The highest BCUT2D eigenvalue weighted by molar-refractivity contribution is 6.19. The van der Waals surface area contributed by atoms with Gasteiger partial charge in [-0.2, -0.15) is 5.26 Å². The van der Waals surface area contributed by atoms with Crippen molar-refractivity contribution < 1.29 is 18.7 Å². The molecule has 0 spiro atoms. The molecule has 128 valence electrons. The summed E-state index contributed by atoms with van der Waals surface area (Å²) in [4.78, 5) is 15.6. The molecular weight excluding hydrogens is 335 g/mol. The smallest absolute Gasteiger partial charge is 0.205 e. The van der Waals surface area contributed by atoms with Crippen LogP contribution in [0.1, 0.15) is 15.9 Å². The van der Waals surface area contributed by atoms with Gasteiger partial charge < -0.3 is 14.5 Å². The number of nitriles is 1. The summed E-state index contributed by atoms with van der Waals surface area (Å²) in [6, 6.07) is 11.3. The average molecular weight is 348 g/mol. The Morgan fingerprint density at radius 1 is 1.15 bits per heavy atom. The number of H-pyrrole nitrogens is 1. The van der Waals surface area contributed by atoms with Crippen molar-refractivity contribution in [1.29, 1.82) is 5.26 Å². The lowest BCUT2D eigenvalue weighted by atomic mass is 10.0. The zero-order valence-corrected chi connectivity index (χ0v) is 13.6. The third kappa shape index (κ3) is 2.80. The van der Waals surface area contributed by atoms with Crippen molar-refractivity contribution in [2.45, 2.75) is 0 Å². The molecule has 1 N–H and O–H groups in total. The fourth-order valence-corrected chi connectivity index (χ4v) is 2.90. The Morgan fingerprint density at radius 2 is 1.96 bits per heavy atom. The summed E-state index contributed by atoms with van der Waals surface area (Å²) < 4.78 is 24.3. The first-order valence-corrected chi connectivity index (χ1v) is 7.98. The lowest BCUT2D eigenvalue weighted by Crippen LogP contribution is -2.15. The Labute approximate surface area is 148 Å². The van der Waals surface area contributed by atoms with Crippen molar-refractivity contribution >= 4 is 22.8 Å². The number of carbonyl (C=O) groups is 1. The number of hydrogen-bond donors (Lipinski definition) is 1. The van der Waals surface area contributed by atoms with Crippen molar-refractivity contribution in [3.63, 3.8) is 0 Å². The second kappa shape index (κ2) is 6.37. The highest BCUT2D eigenvalue weighted by Gasteiger charge is 2.18. The van der Waals surface area contributed by atoms with Crippen molar-refractivity contribution in [1.82, 2.24) is 4.98 Å². The fourth-order valence-electron chi connectivity index (χ4n) is 2.90. The van der Waals surface area contributed by atoms with Gasteiger partial charge in [-0.1, -0.05) is 6.07 Å². The summed E-state index contributed by atoms with van der Waals surface area (Å²) in [6.45, 7) is 0.946. The molecule has 1 aliphatic rings. The SMILES string of the molecule is N#CC(=Cc1ccc2c(c1)OCCO2)C(=O)c1c[nH]c2cc(F)ccc12. The molecule has 0 bridgehead atoms. The molecule has 1 aliphatic heterocycles. The zero-order valence-electron chi connectivity index (χ0n) is 13.6. The first-order chi connectivity index (χ1) is 12.7. The molecular formula is C20H13FN2O3. The third-order valence-corrected chi connectivity index (χ3v) is 4.13. The Morgan fingerprint density at radius 3 is 2.77 bits per heavy atom. The summed E-state index contributed by atoms with van der Waals surface area (Å²) >= 11 is 0. The van der Waals surface area contributed by atoms with Crippen molar-refractivity contribution in [2.75, 3.05) is 13.2 Å². The number of fused-ring (bicyclic) bond motifs is 2. The molecule has 0 aliphatic carbocycles. The topological polar surface area (TPSA) is 75.1 Å². The highest BCUT2D eigenvalue weighted by Crippen LogP contribution is 2.31. The number of ether oxygens (including phenoxy) is 2. The lowest BCUT2D eigenvalue weighted by molar-refractivity contribution is 0.104. The van der Waals surface area contributed by atoms with Crippen LogP contribution in [0, 0.1) is 17.1 Å². The third-order valence-electron chi connectivity index (χ3n) is 4.13. The van der Waals surface area contributed by atoms with Crippen LogP contribution in [0.4, 0.5) is 4.39 Å². The van der Waals surface area contributed by atoms with Gasteiger partial charge in [0.15, 0.2) is 11.5 Å². The predicted octanol–water partition coefficient (Wildman–Crippen LogP) is 3.87. The summed E-state index contributed by atoms with van der Waals surface area (Å²) in [5.74, 6) is 0.389. The molecule has 0 amide bonds. The molecule has 0 radical (unpaired) electrons. The second-order valence-corrected chi connectivity index (χ2v) is 5.79. The number of aromatic nitrogens is 1. The van der Waals surface area contributed by atoms with Gasteiger partial charge in [0.2, 0.25) is 5.78 Å². The van der Waals surface area contributed by atoms with Gasteiger partial charge in [-0.05, 0) is 42.0 Å². The summed E-state index contributed by atoms with van der Waals surface area (Å²) in [6.07, 6.45) is 2.99.